The van der Waals surface area contributed by atoms with Gasteiger partial charge >= 0.3 is 0 Å². The fraction of sp³-hybridized carbons (Fsp3) is 0. The second-order valence-corrected chi connectivity index (χ2v) is 3.79. The maximum Gasteiger partial charge on any atom is 0.131 e. The van der Waals surface area contributed by atoms with Crippen LogP contribution in [0.25, 0.3) is 0 Å². The van der Waals surface area contributed by atoms with Gasteiger partial charge in [0.15, 0.2) is 0 Å². The summed E-state index contributed by atoms with van der Waals surface area (Å²) in [6.07, 6.45) is 1.52. The summed E-state index contributed by atoms with van der Waals surface area (Å²) in [5, 5.41) is 4.06. The molecular formula is C11H8Cl2N2. The molecule has 2 aromatic rings. The number of para-hydroxylation sites is 1. The molecule has 1 N–H and O–H groups in total. The molecule has 1 aromatic heterocycles. The first-order valence-electron chi connectivity index (χ1n) is 4.39. The number of pyridine rings is 1. The van der Waals surface area contributed by atoms with Crippen LogP contribution in [0.4, 0.5) is 11.5 Å². The average Bonchev–Trinajstić information content (AvgIpc) is 2.25. The van der Waals surface area contributed by atoms with Crippen LogP contribution in [0.15, 0.2) is 42.6 Å². The molecular weight excluding hydrogens is 231 g/mol. The van der Waals surface area contributed by atoms with Gasteiger partial charge in [-0.2, -0.15) is 0 Å². The fourth-order valence-electron chi connectivity index (χ4n) is 1.15. The van der Waals surface area contributed by atoms with E-state index in [0.29, 0.717) is 15.9 Å². The van der Waals surface area contributed by atoms with Crippen LogP contribution >= 0.6 is 23.2 Å². The van der Waals surface area contributed by atoms with Crippen LogP contribution in [0.2, 0.25) is 10.0 Å². The van der Waals surface area contributed by atoms with Crippen LogP contribution in [0.5, 0.6) is 0 Å². The first kappa shape index (κ1) is 10.3. The summed E-state index contributed by atoms with van der Waals surface area (Å²) >= 11 is 11.6. The van der Waals surface area contributed by atoms with Gasteiger partial charge in [0, 0.05) is 18.0 Å². The van der Waals surface area contributed by atoms with Gasteiger partial charge in [0.2, 0.25) is 0 Å². The summed E-state index contributed by atoms with van der Waals surface area (Å²) in [5.41, 5.74) is 0.961. The minimum absolute atomic E-state index is 0.454. The highest BCUT2D eigenvalue weighted by molar-refractivity contribution is 6.42. The van der Waals surface area contributed by atoms with Gasteiger partial charge in [0.05, 0.1) is 10.0 Å². The lowest BCUT2D eigenvalue weighted by molar-refractivity contribution is 1.31. The van der Waals surface area contributed by atoms with E-state index in [4.69, 9.17) is 23.2 Å². The molecule has 2 rings (SSSR count). The predicted molar refractivity (Wildman–Crippen MR) is 64.0 cm³/mol. The zero-order valence-corrected chi connectivity index (χ0v) is 9.26. The normalized spacial score (nSPS) is 10.0. The van der Waals surface area contributed by atoms with E-state index in [-0.39, 0.29) is 0 Å². The highest BCUT2D eigenvalue weighted by atomic mass is 35.5. The molecule has 0 spiro atoms. The number of hydrogen-bond acceptors (Lipinski definition) is 2. The van der Waals surface area contributed by atoms with Crippen LogP contribution in [0, 0.1) is 0 Å². The van der Waals surface area contributed by atoms with Gasteiger partial charge in [-0.05, 0) is 12.1 Å². The molecule has 2 nitrogen and oxygen atoms in total. The predicted octanol–water partition coefficient (Wildman–Crippen LogP) is 4.13. The van der Waals surface area contributed by atoms with Crippen molar-refractivity contribution in [1.82, 2.24) is 4.98 Å². The Balaban J connectivity index is 2.22. The van der Waals surface area contributed by atoms with E-state index in [1.165, 1.54) is 6.20 Å². The van der Waals surface area contributed by atoms with Crippen LogP contribution < -0.4 is 5.32 Å². The lowest BCUT2D eigenvalue weighted by Crippen LogP contribution is -1.92. The number of hydrogen-bond donors (Lipinski definition) is 1. The third kappa shape index (κ3) is 2.61. The Hall–Kier alpha value is -1.25. The maximum atomic E-state index is 5.87. The smallest absolute Gasteiger partial charge is 0.131 e. The van der Waals surface area contributed by atoms with Crippen molar-refractivity contribution in [2.45, 2.75) is 0 Å². The fourth-order valence-corrected chi connectivity index (χ4v) is 1.41. The first-order chi connectivity index (χ1) is 7.25. The van der Waals surface area contributed by atoms with E-state index in [0.717, 1.165) is 5.69 Å². The summed E-state index contributed by atoms with van der Waals surface area (Å²) in [6.45, 7) is 0. The topological polar surface area (TPSA) is 24.9 Å². The number of aromatic nitrogens is 1. The molecule has 1 heterocycles. The van der Waals surface area contributed by atoms with Crippen LogP contribution in [0.1, 0.15) is 0 Å². The van der Waals surface area contributed by atoms with Gasteiger partial charge in [0.1, 0.15) is 5.82 Å². The van der Waals surface area contributed by atoms with Crippen LogP contribution in [0.3, 0.4) is 0 Å². The Bertz CT molecular complexity index is 457. The molecule has 0 unspecified atom stereocenters. The summed E-state index contributed by atoms with van der Waals surface area (Å²) in [5.74, 6) is 0.676. The highest BCUT2D eigenvalue weighted by Gasteiger charge is 2.00. The number of halogens is 2. The lowest BCUT2D eigenvalue weighted by Gasteiger charge is -2.05. The molecule has 0 atom stereocenters. The zero-order valence-electron chi connectivity index (χ0n) is 7.74. The van der Waals surface area contributed by atoms with Crippen molar-refractivity contribution in [3.05, 3.63) is 52.6 Å². The molecule has 0 aliphatic heterocycles. The Kier molecular flexibility index (Phi) is 3.09. The van der Waals surface area contributed by atoms with Gasteiger partial charge in [-0.15, -0.1) is 0 Å². The summed E-state index contributed by atoms with van der Waals surface area (Å²) in [6, 6.07) is 11.4. The first-order valence-corrected chi connectivity index (χ1v) is 5.14. The minimum Gasteiger partial charge on any atom is -0.340 e. The molecule has 0 bridgehead atoms. The summed E-state index contributed by atoms with van der Waals surface area (Å²) in [7, 11) is 0. The third-order valence-corrected chi connectivity index (χ3v) is 2.57. The van der Waals surface area contributed by atoms with Crippen molar-refractivity contribution in [3.8, 4) is 0 Å². The number of anilines is 2. The molecule has 0 saturated carbocycles. The van der Waals surface area contributed by atoms with Crippen molar-refractivity contribution in [2.75, 3.05) is 5.32 Å². The average molecular weight is 239 g/mol. The number of rotatable bonds is 2. The maximum absolute atomic E-state index is 5.87. The second kappa shape index (κ2) is 4.51. The lowest BCUT2D eigenvalue weighted by atomic mass is 10.3. The zero-order chi connectivity index (χ0) is 10.7. The number of nitrogens with zero attached hydrogens (tertiary/aromatic N) is 1. The van der Waals surface area contributed by atoms with Gasteiger partial charge in [-0.1, -0.05) is 41.4 Å². The Morgan fingerprint density at radius 2 is 1.73 bits per heavy atom. The minimum atomic E-state index is 0.454. The van der Waals surface area contributed by atoms with E-state index in [1.54, 1.807) is 6.07 Å². The van der Waals surface area contributed by atoms with Gasteiger partial charge in [-0.3, -0.25) is 0 Å². The van der Waals surface area contributed by atoms with E-state index >= 15 is 0 Å². The molecule has 1 aromatic carbocycles. The van der Waals surface area contributed by atoms with Crippen LogP contribution in [-0.4, -0.2) is 4.98 Å². The van der Waals surface area contributed by atoms with Gasteiger partial charge in [-0.25, -0.2) is 4.98 Å². The van der Waals surface area contributed by atoms with Crippen molar-refractivity contribution < 1.29 is 0 Å². The van der Waals surface area contributed by atoms with Crippen molar-refractivity contribution in [1.29, 1.82) is 0 Å². The Morgan fingerprint density at radius 3 is 2.40 bits per heavy atom. The standard InChI is InChI=1S/C11H8Cl2N2/c12-9-6-11(14-7-10(9)13)15-8-4-2-1-3-5-8/h1-7H,(H,14,15). The third-order valence-electron chi connectivity index (χ3n) is 1.85. The highest BCUT2D eigenvalue weighted by Crippen LogP contribution is 2.24. The molecule has 0 amide bonds. The second-order valence-electron chi connectivity index (χ2n) is 2.97. The molecule has 4 heteroatoms. The van der Waals surface area contributed by atoms with E-state index in [2.05, 4.69) is 10.3 Å². The van der Waals surface area contributed by atoms with Crippen molar-refractivity contribution >= 4 is 34.7 Å². The van der Waals surface area contributed by atoms with Crippen LogP contribution in [-0.2, 0) is 0 Å². The SMILES string of the molecule is Clc1cnc(Nc2ccccc2)cc1Cl. The number of benzene rings is 1. The molecule has 15 heavy (non-hydrogen) atoms. The van der Waals surface area contributed by atoms with E-state index in [9.17, 15) is 0 Å². The molecule has 76 valence electrons. The number of nitrogens with one attached hydrogen (secondary N) is 1. The quantitative estimate of drug-likeness (QED) is 0.852. The monoisotopic (exact) mass is 238 g/mol. The van der Waals surface area contributed by atoms with Gasteiger partial charge in [0.25, 0.3) is 0 Å². The van der Waals surface area contributed by atoms with E-state index in [1.807, 2.05) is 30.3 Å². The van der Waals surface area contributed by atoms with E-state index < -0.39 is 0 Å². The molecule has 0 radical (unpaired) electrons. The summed E-state index contributed by atoms with van der Waals surface area (Å²) < 4.78 is 0. The molecule has 0 aliphatic rings. The largest absolute Gasteiger partial charge is 0.340 e. The van der Waals surface area contributed by atoms with Crippen molar-refractivity contribution in [2.24, 2.45) is 0 Å². The Morgan fingerprint density at radius 1 is 1.00 bits per heavy atom. The molecule has 0 saturated heterocycles. The molecule has 0 aliphatic carbocycles. The van der Waals surface area contributed by atoms with Gasteiger partial charge < -0.3 is 5.32 Å². The summed E-state index contributed by atoms with van der Waals surface area (Å²) in [4.78, 5) is 4.11. The Labute approximate surface area is 97.9 Å². The van der Waals surface area contributed by atoms with Crippen molar-refractivity contribution in [3.63, 3.8) is 0 Å². The molecule has 0 fully saturated rings.